The Hall–Kier alpha value is -5.00. The van der Waals surface area contributed by atoms with Gasteiger partial charge in [-0.15, -0.1) is 0 Å². The number of nitrogens with zero attached hydrogens (tertiary/aromatic N) is 4. The average Bonchev–Trinajstić information content (AvgIpc) is 3.55. The molecule has 2 aliphatic rings. The van der Waals surface area contributed by atoms with Gasteiger partial charge in [0.15, 0.2) is 5.82 Å². The van der Waals surface area contributed by atoms with Crippen LogP contribution in [0.2, 0.25) is 0 Å². The second-order valence-corrected chi connectivity index (χ2v) is 11.6. The van der Waals surface area contributed by atoms with Gasteiger partial charge < -0.3 is 25.6 Å². The molecule has 1 aromatic heterocycles. The standard InChI is InChI=1S/C35H38FN7O3/c1-5-35(44)41-28-16-29(32(45-4)17-31(28)42-19-22(2)39-23(3)20-42)40-33-18-34(38-21-37-33)43-30(12-13-46-43)26-10-6-8-24(14-26)25-9-7-11-27(36)15-25/h5-11,14-18,21-23,30,39H,1,12-13,19-20H2,2-4H3,(H,41,44)(H,37,38,40)/t22-,23+,30-/m1/s1. The van der Waals surface area contributed by atoms with Crippen LogP contribution in [0.1, 0.15) is 31.9 Å². The zero-order chi connectivity index (χ0) is 32.2. The summed E-state index contributed by atoms with van der Waals surface area (Å²) in [6, 6.07) is 20.7. The fraction of sp³-hybridized carbons (Fsp3) is 0.286. The van der Waals surface area contributed by atoms with E-state index in [1.54, 1.807) is 18.2 Å². The number of hydrogen-bond donors (Lipinski definition) is 3. The Balaban J connectivity index is 1.28. The number of hydrogen-bond acceptors (Lipinski definition) is 9. The Kier molecular flexibility index (Phi) is 9.13. The van der Waals surface area contributed by atoms with Crippen LogP contribution < -0.4 is 30.7 Å². The maximum absolute atomic E-state index is 13.9. The van der Waals surface area contributed by atoms with Gasteiger partial charge in [0.2, 0.25) is 5.91 Å². The minimum absolute atomic E-state index is 0.102. The Labute approximate surface area is 268 Å². The molecule has 0 aliphatic carbocycles. The van der Waals surface area contributed by atoms with Crippen LogP contribution in [0.5, 0.6) is 5.75 Å². The van der Waals surface area contributed by atoms with Crippen molar-refractivity contribution in [3.05, 3.63) is 97.1 Å². The molecule has 4 aromatic rings. The number of carbonyl (C=O) groups is 1. The number of anilines is 5. The van der Waals surface area contributed by atoms with Crippen molar-refractivity contribution >= 4 is 34.6 Å². The van der Waals surface area contributed by atoms with Gasteiger partial charge in [-0.3, -0.25) is 9.63 Å². The van der Waals surface area contributed by atoms with Gasteiger partial charge in [0.25, 0.3) is 0 Å². The summed E-state index contributed by atoms with van der Waals surface area (Å²) in [5.74, 6) is 1.11. The van der Waals surface area contributed by atoms with E-state index in [4.69, 9.17) is 9.57 Å². The average molecular weight is 624 g/mol. The number of benzene rings is 3. The van der Waals surface area contributed by atoms with Crippen LogP contribution in [0.15, 0.2) is 85.7 Å². The van der Waals surface area contributed by atoms with Crippen molar-refractivity contribution in [3.63, 3.8) is 0 Å². The summed E-state index contributed by atoms with van der Waals surface area (Å²) in [6.45, 7) is 9.97. The molecule has 3 heterocycles. The minimum Gasteiger partial charge on any atom is -0.494 e. The fourth-order valence-electron chi connectivity index (χ4n) is 6.17. The number of aromatic nitrogens is 2. The number of hydroxylamine groups is 1. The smallest absolute Gasteiger partial charge is 0.247 e. The highest BCUT2D eigenvalue weighted by molar-refractivity contribution is 6.02. The summed E-state index contributed by atoms with van der Waals surface area (Å²) in [7, 11) is 1.61. The summed E-state index contributed by atoms with van der Waals surface area (Å²) in [6.07, 6.45) is 3.48. The predicted octanol–water partition coefficient (Wildman–Crippen LogP) is 6.23. The Morgan fingerprint density at radius 2 is 1.80 bits per heavy atom. The molecule has 11 heteroatoms. The maximum Gasteiger partial charge on any atom is 0.247 e. The SMILES string of the molecule is C=CC(=O)Nc1cc(Nc2cc(N3OCC[C@@H]3c3cccc(-c4cccc(F)c4)c3)ncn2)c(OC)cc1N1C[C@@H](C)N[C@@H](C)C1. The summed E-state index contributed by atoms with van der Waals surface area (Å²) < 4.78 is 19.7. The first kappa shape index (κ1) is 31.0. The minimum atomic E-state index is -0.309. The van der Waals surface area contributed by atoms with Crippen LogP contribution in [0.4, 0.5) is 33.1 Å². The normalized spacial score (nSPS) is 19.5. The molecule has 0 bridgehead atoms. The molecule has 3 atom stereocenters. The molecule has 3 N–H and O–H groups in total. The van der Waals surface area contributed by atoms with Crippen molar-refractivity contribution in [2.45, 2.75) is 38.4 Å². The number of amides is 1. The van der Waals surface area contributed by atoms with Gasteiger partial charge in [0, 0.05) is 43.7 Å². The van der Waals surface area contributed by atoms with Crippen LogP contribution in [0, 0.1) is 5.82 Å². The van der Waals surface area contributed by atoms with Gasteiger partial charge in [-0.1, -0.05) is 36.9 Å². The first-order valence-electron chi connectivity index (χ1n) is 15.3. The van der Waals surface area contributed by atoms with Crippen molar-refractivity contribution in [1.29, 1.82) is 0 Å². The molecule has 0 saturated carbocycles. The van der Waals surface area contributed by atoms with Gasteiger partial charge in [0.1, 0.15) is 23.7 Å². The van der Waals surface area contributed by atoms with E-state index in [-0.39, 0.29) is 29.8 Å². The lowest BCUT2D eigenvalue weighted by molar-refractivity contribution is -0.111. The quantitative estimate of drug-likeness (QED) is 0.187. The zero-order valence-electron chi connectivity index (χ0n) is 26.2. The number of ether oxygens (including phenoxy) is 1. The van der Waals surface area contributed by atoms with Gasteiger partial charge in [-0.25, -0.2) is 19.4 Å². The first-order chi connectivity index (χ1) is 22.3. The van der Waals surface area contributed by atoms with Crippen LogP contribution in [0.3, 0.4) is 0 Å². The van der Waals surface area contributed by atoms with E-state index in [0.717, 1.165) is 41.9 Å². The second kappa shape index (κ2) is 13.6. The summed E-state index contributed by atoms with van der Waals surface area (Å²) >= 11 is 0. The molecule has 10 nitrogen and oxygen atoms in total. The highest BCUT2D eigenvalue weighted by Gasteiger charge is 2.30. The molecule has 6 rings (SSSR count). The van der Waals surface area contributed by atoms with Gasteiger partial charge in [0.05, 0.1) is 36.8 Å². The topological polar surface area (TPSA) is 104 Å². The van der Waals surface area contributed by atoms with Gasteiger partial charge in [-0.2, -0.15) is 0 Å². The molecular weight excluding hydrogens is 585 g/mol. The maximum atomic E-state index is 13.9. The third-order valence-corrected chi connectivity index (χ3v) is 8.13. The highest BCUT2D eigenvalue weighted by Crippen LogP contribution is 2.40. The molecule has 1 amide bonds. The lowest BCUT2D eigenvalue weighted by Gasteiger charge is -2.38. The second-order valence-electron chi connectivity index (χ2n) is 11.6. The number of carbonyl (C=O) groups excluding carboxylic acids is 1. The van der Waals surface area contributed by atoms with E-state index in [0.29, 0.717) is 35.4 Å². The largest absolute Gasteiger partial charge is 0.494 e. The lowest BCUT2D eigenvalue weighted by atomic mass is 9.98. The molecule has 0 unspecified atom stereocenters. The number of methoxy groups -OCH3 is 1. The molecule has 238 valence electrons. The van der Waals surface area contributed by atoms with Crippen molar-refractivity contribution in [2.24, 2.45) is 0 Å². The third kappa shape index (κ3) is 6.80. The van der Waals surface area contributed by atoms with Crippen LogP contribution >= 0.6 is 0 Å². The van der Waals surface area contributed by atoms with Crippen molar-refractivity contribution in [1.82, 2.24) is 15.3 Å². The van der Waals surface area contributed by atoms with Crippen molar-refractivity contribution < 1.29 is 18.8 Å². The zero-order valence-corrected chi connectivity index (χ0v) is 26.2. The molecule has 2 aliphatic heterocycles. The Bertz CT molecular complexity index is 1720. The van der Waals surface area contributed by atoms with E-state index in [9.17, 15) is 9.18 Å². The molecule has 2 saturated heterocycles. The molecular formula is C35H38FN7O3. The number of rotatable bonds is 9. The Morgan fingerprint density at radius 1 is 1.04 bits per heavy atom. The van der Waals surface area contributed by atoms with Gasteiger partial charge in [-0.05, 0) is 60.9 Å². The molecule has 2 fully saturated rings. The van der Waals surface area contributed by atoms with Crippen LogP contribution in [0.25, 0.3) is 11.1 Å². The highest BCUT2D eigenvalue weighted by atomic mass is 19.1. The Morgan fingerprint density at radius 3 is 2.54 bits per heavy atom. The van der Waals surface area contributed by atoms with E-state index in [1.807, 2.05) is 42.5 Å². The van der Waals surface area contributed by atoms with Crippen molar-refractivity contribution in [2.75, 3.05) is 47.4 Å². The fourth-order valence-corrected chi connectivity index (χ4v) is 6.17. The molecule has 3 aromatic carbocycles. The van der Waals surface area contributed by atoms with Gasteiger partial charge >= 0.3 is 0 Å². The van der Waals surface area contributed by atoms with E-state index in [2.05, 4.69) is 57.3 Å². The summed E-state index contributed by atoms with van der Waals surface area (Å²) in [5.41, 5.74) is 4.87. The van der Waals surface area contributed by atoms with E-state index in [1.165, 1.54) is 24.5 Å². The third-order valence-electron chi connectivity index (χ3n) is 8.13. The molecule has 0 radical (unpaired) electrons. The monoisotopic (exact) mass is 623 g/mol. The molecule has 46 heavy (non-hydrogen) atoms. The number of piperazine rings is 1. The lowest BCUT2D eigenvalue weighted by Crippen LogP contribution is -2.54. The van der Waals surface area contributed by atoms with Crippen LogP contribution in [-0.2, 0) is 9.63 Å². The predicted molar refractivity (Wildman–Crippen MR) is 179 cm³/mol. The number of nitrogens with one attached hydrogen (secondary N) is 3. The summed E-state index contributed by atoms with van der Waals surface area (Å²) in [4.78, 5) is 29.7. The first-order valence-corrected chi connectivity index (χ1v) is 15.3. The summed E-state index contributed by atoms with van der Waals surface area (Å²) in [5, 5.41) is 11.7. The number of halogens is 1. The van der Waals surface area contributed by atoms with Crippen LogP contribution in [-0.4, -0.2) is 54.8 Å². The van der Waals surface area contributed by atoms with Crippen molar-refractivity contribution in [3.8, 4) is 16.9 Å². The van der Waals surface area contributed by atoms with E-state index >= 15 is 0 Å². The van der Waals surface area contributed by atoms with E-state index < -0.39 is 0 Å². The molecule has 0 spiro atoms.